The molecule has 0 saturated carbocycles. The molecule has 0 unspecified atom stereocenters. The van der Waals surface area contributed by atoms with E-state index in [2.05, 4.69) is 10.1 Å². The molecule has 0 aliphatic rings. The van der Waals surface area contributed by atoms with Crippen LogP contribution < -0.4 is 10.1 Å². The van der Waals surface area contributed by atoms with Gasteiger partial charge >= 0.3 is 5.97 Å². The molecule has 112 valence electrons. The minimum Gasteiger partial charge on any atom is -0.492 e. The van der Waals surface area contributed by atoms with Crippen LogP contribution in [0, 0.1) is 6.92 Å². The van der Waals surface area contributed by atoms with Crippen molar-refractivity contribution in [2.24, 2.45) is 0 Å². The summed E-state index contributed by atoms with van der Waals surface area (Å²) in [5.41, 5.74) is 2.13. The first kappa shape index (κ1) is 16.5. The Hall–Kier alpha value is -1.59. The number of ether oxygens (including phenoxy) is 3. The molecule has 0 radical (unpaired) electrons. The third-order valence-electron chi connectivity index (χ3n) is 2.87. The van der Waals surface area contributed by atoms with E-state index in [1.165, 1.54) is 7.11 Å². The van der Waals surface area contributed by atoms with Crippen molar-refractivity contribution in [1.82, 2.24) is 5.32 Å². The van der Waals surface area contributed by atoms with E-state index in [9.17, 15) is 4.79 Å². The van der Waals surface area contributed by atoms with Crippen LogP contribution in [0.1, 0.15) is 17.5 Å². The molecule has 0 atom stereocenters. The van der Waals surface area contributed by atoms with E-state index in [4.69, 9.17) is 9.47 Å². The number of carbonyl (C=O) groups excluding carboxylic acids is 1. The standard InChI is InChI=1S/C15H23NO4/c1-12-5-4-6-13(11-16-8-10-18-2)15(12)20-9-7-14(17)19-3/h4-6,16H,7-11H2,1-3H3. The largest absolute Gasteiger partial charge is 0.492 e. The molecular weight excluding hydrogens is 258 g/mol. The summed E-state index contributed by atoms with van der Waals surface area (Å²) in [5, 5.41) is 3.28. The number of hydrogen-bond acceptors (Lipinski definition) is 5. The molecular formula is C15H23NO4. The first-order valence-corrected chi connectivity index (χ1v) is 6.66. The molecule has 0 bridgehead atoms. The van der Waals surface area contributed by atoms with Gasteiger partial charge in [0.25, 0.3) is 0 Å². The van der Waals surface area contributed by atoms with Crippen LogP contribution in [0.4, 0.5) is 0 Å². The number of hydrogen-bond donors (Lipinski definition) is 1. The highest BCUT2D eigenvalue weighted by Gasteiger charge is 2.08. The minimum atomic E-state index is -0.265. The third-order valence-corrected chi connectivity index (χ3v) is 2.87. The van der Waals surface area contributed by atoms with Gasteiger partial charge in [-0.3, -0.25) is 4.79 Å². The van der Waals surface area contributed by atoms with Crippen LogP contribution in [-0.2, 0) is 20.8 Å². The lowest BCUT2D eigenvalue weighted by Crippen LogP contribution is -2.19. The van der Waals surface area contributed by atoms with Gasteiger partial charge < -0.3 is 19.5 Å². The average molecular weight is 281 g/mol. The number of para-hydroxylation sites is 1. The summed E-state index contributed by atoms with van der Waals surface area (Å²) in [7, 11) is 3.05. The first-order chi connectivity index (χ1) is 9.69. The molecule has 0 heterocycles. The van der Waals surface area contributed by atoms with Gasteiger partial charge in [-0.2, -0.15) is 0 Å². The summed E-state index contributed by atoms with van der Waals surface area (Å²) >= 11 is 0. The quantitative estimate of drug-likeness (QED) is 0.551. The highest BCUT2D eigenvalue weighted by Crippen LogP contribution is 2.23. The highest BCUT2D eigenvalue weighted by atomic mass is 16.5. The highest BCUT2D eigenvalue weighted by molar-refractivity contribution is 5.69. The zero-order valence-corrected chi connectivity index (χ0v) is 12.4. The maximum absolute atomic E-state index is 11.1. The third kappa shape index (κ3) is 5.59. The lowest BCUT2D eigenvalue weighted by atomic mass is 10.1. The predicted octanol–water partition coefficient (Wildman–Crippen LogP) is 1.67. The molecule has 0 aromatic heterocycles. The van der Waals surface area contributed by atoms with E-state index < -0.39 is 0 Å². The maximum Gasteiger partial charge on any atom is 0.308 e. The number of nitrogens with one attached hydrogen (secondary N) is 1. The van der Waals surface area contributed by atoms with Crippen LogP contribution in [0.15, 0.2) is 18.2 Å². The first-order valence-electron chi connectivity index (χ1n) is 6.66. The number of aryl methyl sites for hydroxylation is 1. The second-order valence-corrected chi connectivity index (χ2v) is 4.41. The van der Waals surface area contributed by atoms with Crippen molar-refractivity contribution in [3.8, 4) is 5.75 Å². The fraction of sp³-hybridized carbons (Fsp3) is 0.533. The number of rotatable bonds is 9. The zero-order valence-electron chi connectivity index (χ0n) is 12.4. The number of carbonyl (C=O) groups is 1. The van der Waals surface area contributed by atoms with Gasteiger partial charge in [-0.15, -0.1) is 0 Å². The molecule has 0 spiro atoms. The molecule has 1 aromatic carbocycles. The number of methoxy groups -OCH3 is 2. The van der Waals surface area contributed by atoms with Crippen molar-refractivity contribution < 1.29 is 19.0 Å². The molecule has 0 saturated heterocycles. The number of esters is 1. The molecule has 0 aliphatic carbocycles. The average Bonchev–Trinajstić information content (AvgIpc) is 2.45. The summed E-state index contributed by atoms with van der Waals surface area (Å²) in [6.45, 7) is 4.48. The number of benzene rings is 1. The van der Waals surface area contributed by atoms with Gasteiger partial charge in [0.15, 0.2) is 0 Å². The molecule has 0 amide bonds. The van der Waals surface area contributed by atoms with Gasteiger partial charge in [-0.1, -0.05) is 18.2 Å². The Morgan fingerprint density at radius 2 is 2.05 bits per heavy atom. The van der Waals surface area contributed by atoms with Crippen molar-refractivity contribution in [2.75, 3.05) is 34.0 Å². The van der Waals surface area contributed by atoms with Crippen LogP contribution in [0.2, 0.25) is 0 Å². The van der Waals surface area contributed by atoms with Gasteiger partial charge in [-0.25, -0.2) is 0 Å². The molecule has 0 aliphatic heterocycles. The molecule has 5 heteroatoms. The van der Waals surface area contributed by atoms with Gasteiger partial charge in [-0.05, 0) is 12.5 Å². The minimum absolute atomic E-state index is 0.251. The molecule has 1 aromatic rings. The van der Waals surface area contributed by atoms with Crippen molar-refractivity contribution >= 4 is 5.97 Å². The monoisotopic (exact) mass is 281 g/mol. The lowest BCUT2D eigenvalue weighted by molar-refractivity contribution is -0.141. The Morgan fingerprint density at radius 3 is 2.75 bits per heavy atom. The molecule has 20 heavy (non-hydrogen) atoms. The summed E-state index contributed by atoms with van der Waals surface area (Å²) in [6.07, 6.45) is 0.251. The fourth-order valence-corrected chi connectivity index (χ4v) is 1.79. The van der Waals surface area contributed by atoms with E-state index in [1.54, 1.807) is 7.11 Å². The van der Waals surface area contributed by atoms with E-state index in [0.717, 1.165) is 23.4 Å². The van der Waals surface area contributed by atoms with E-state index >= 15 is 0 Å². The van der Waals surface area contributed by atoms with Gasteiger partial charge in [0.05, 0.1) is 26.7 Å². The van der Waals surface area contributed by atoms with Crippen LogP contribution in [0.5, 0.6) is 5.75 Å². The maximum atomic E-state index is 11.1. The zero-order chi connectivity index (χ0) is 14.8. The summed E-state index contributed by atoms with van der Waals surface area (Å²) in [4.78, 5) is 11.1. The predicted molar refractivity (Wildman–Crippen MR) is 76.9 cm³/mol. The summed E-state index contributed by atoms with van der Waals surface area (Å²) in [6, 6.07) is 6.00. The van der Waals surface area contributed by atoms with Crippen LogP contribution >= 0.6 is 0 Å². The van der Waals surface area contributed by atoms with Crippen LogP contribution in [-0.4, -0.2) is 39.9 Å². The SMILES string of the molecule is COCCNCc1cccc(C)c1OCCC(=O)OC. The summed E-state index contributed by atoms with van der Waals surface area (Å²) < 4.78 is 15.3. The summed E-state index contributed by atoms with van der Waals surface area (Å²) in [5.74, 6) is 0.569. The Morgan fingerprint density at radius 1 is 1.25 bits per heavy atom. The van der Waals surface area contributed by atoms with Crippen molar-refractivity contribution in [3.05, 3.63) is 29.3 Å². The molecule has 5 nitrogen and oxygen atoms in total. The molecule has 1 rings (SSSR count). The Kier molecular flexibility index (Phi) is 7.69. The van der Waals surface area contributed by atoms with E-state index in [0.29, 0.717) is 19.8 Å². The van der Waals surface area contributed by atoms with E-state index in [1.807, 2.05) is 25.1 Å². The molecule has 0 fully saturated rings. The second kappa shape index (κ2) is 9.34. The Labute approximate surface area is 120 Å². The molecule has 1 N–H and O–H groups in total. The topological polar surface area (TPSA) is 56.8 Å². The van der Waals surface area contributed by atoms with Gasteiger partial charge in [0.2, 0.25) is 0 Å². The Bertz CT molecular complexity index is 420. The smallest absolute Gasteiger partial charge is 0.308 e. The fourth-order valence-electron chi connectivity index (χ4n) is 1.79. The van der Waals surface area contributed by atoms with Crippen molar-refractivity contribution in [2.45, 2.75) is 19.9 Å². The Balaban J connectivity index is 2.56. The van der Waals surface area contributed by atoms with Crippen LogP contribution in [0.3, 0.4) is 0 Å². The second-order valence-electron chi connectivity index (χ2n) is 4.41. The van der Waals surface area contributed by atoms with Crippen LogP contribution in [0.25, 0.3) is 0 Å². The van der Waals surface area contributed by atoms with Crippen molar-refractivity contribution in [1.29, 1.82) is 0 Å². The normalized spacial score (nSPS) is 10.3. The van der Waals surface area contributed by atoms with Crippen molar-refractivity contribution in [3.63, 3.8) is 0 Å². The van der Waals surface area contributed by atoms with Gasteiger partial charge in [0.1, 0.15) is 5.75 Å². The van der Waals surface area contributed by atoms with E-state index in [-0.39, 0.29) is 12.4 Å². The lowest BCUT2D eigenvalue weighted by Gasteiger charge is -2.14. The van der Waals surface area contributed by atoms with Gasteiger partial charge in [0, 0.05) is 25.8 Å².